The van der Waals surface area contributed by atoms with Gasteiger partial charge in [0.05, 0.1) is 11.1 Å². The summed E-state index contributed by atoms with van der Waals surface area (Å²) in [6.07, 6.45) is 0. The maximum Gasteiger partial charge on any atom is 0.471 e. The van der Waals surface area contributed by atoms with Gasteiger partial charge in [-0.25, -0.2) is 4.57 Å². The first-order valence-corrected chi connectivity index (χ1v) is 9.21. The lowest BCUT2D eigenvalue weighted by molar-refractivity contribution is 0.0946. The topological polar surface area (TPSA) is 145 Å². The van der Waals surface area contributed by atoms with Crippen LogP contribution in [0.4, 0.5) is 0 Å². The smallest absolute Gasteiger partial charge is 0.308 e. The van der Waals surface area contributed by atoms with Gasteiger partial charge in [-0.3, -0.25) is 28.3 Å². The predicted octanol–water partition coefficient (Wildman–Crippen LogP) is 0.00604. The van der Waals surface area contributed by atoms with E-state index < -0.39 is 37.2 Å². The van der Waals surface area contributed by atoms with E-state index in [1.807, 2.05) is 0 Å². The Kier molecular flexibility index (Phi) is 4.40. The lowest BCUT2D eigenvalue weighted by Crippen LogP contribution is -2.38. The Hall–Kier alpha value is -2.65. The summed E-state index contributed by atoms with van der Waals surface area (Å²) < 4.78 is 17.0. The van der Waals surface area contributed by atoms with Crippen molar-refractivity contribution in [2.75, 3.05) is 0 Å². The van der Waals surface area contributed by atoms with Crippen LogP contribution in [0.1, 0.15) is 43.2 Å². The molecule has 0 unspecified atom stereocenters. The van der Waals surface area contributed by atoms with Crippen LogP contribution in [0.3, 0.4) is 0 Å². The molecule has 0 bridgehead atoms. The average Bonchev–Trinajstić information content (AvgIpc) is 2.53. The number of hydrogen-bond acceptors (Lipinski definition) is 6. The first kappa shape index (κ1) is 19.1. The fraction of sp³-hybridized carbons (Fsp3) is 0.250. The quantitative estimate of drug-likeness (QED) is 0.591. The molecule has 0 spiro atoms. The van der Waals surface area contributed by atoms with Gasteiger partial charge >= 0.3 is 7.82 Å². The van der Waals surface area contributed by atoms with Gasteiger partial charge in [0, 0.05) is 19.2 Å². The number of carbonyl (C=O) groups excluding carboxylic acids is 2. The molecule has 0 saturated heterocycles. The van der Waals surface area contributed by atoms with E-state index in [0.29, 0.717) is 10.1 Å². The molecule has 11 heteroatoms. The van der Waals surface area contributed by atoms with Crippen LogP contribution in [-0.2, 0) is 22.9 Å². The highest BCUT2D eigenvalue weighted by Gasteiger charge is 2.37. The zero-order chi connectivity index (χ0) is 20.3. The third-order valence-electron chi connectivity index (χ3n) is 4.38. The molecule has 2 aromatic rings. The molecule has 2 N–H and O–H groups in total. The van der Waals surface area contributed by atoms with Crippen molar-refractivity contribution in [1.82, 2.24) is 9.13 Å². The SMILES string of the molecule is Cc1cc(=O)n(C)c2c1C(=O)c1c(C)cc(=O)n(COP(=O)(O)O)c1C2=O. The summed E-state index contributed by atoms with van der Waals surface area (Å²) in [6.45, 7) is 2.07. The second-order valence-corrected chi connectivity index (χ2v) is 7.41. The molecular formula is C16H15N2O8P. The largest absolute Gasteiger partial charge is 0.471 e. The van der Waals surface area contributed by atoms with Gasteiger partial charge < -0.3 is 14.4 Å². The van der Waals surface area contributed by atoms with Crippen LogP contribution >= 0.6 is 7.82 Å². The number of ketones is 2. The number of phosphoric ester groups is 1. The molecule has 1 aliphatic carbocycles. The normalized spacial score (nSPS) is 13.5. The van der Waals surface area contributed by atoms with Crippen molar-refractivity contribution < 1.29 is 28.5 Å². The monoisotopic (exact) mass is 394 g/mol. The molecule has 2 aromatic heterocycles. The van der Waals surface area contributed by atoms with Gasteiger partial charge in [-0.1, -0.05) is 0 Å². The number of carbonyl (C=O) groups is 2. The molecule has 27 heavy (non-hydrogen) atoms. The Balaban J connectivity index is 2.37. The van der Waals surface area contributed by atoms with Crippen molar-refractivity contribution in [3.05, 3.63) is 66.5 Å². The number of aromatic nitrogens is 2. The van der Waals surface area contributed by atoms with Crippen LogP contribution in [0.5, 0.6) is 0 Å². The standard InChI is InChI=1S/C16H15N2O8P/c1-7-4-9(19)17(3)13-11(7)15(21)12-8(2)5-10(20)18(14(12)16(13)22)6-26-27(23,24)25/h4-5H,6H2,1-3H3,(H2,23,24,25). The van der Waals surface area contributed by atoms with Crippen LogP contribution in [-0.4, -0.2) is 30.5 Å². The molecular weight excluding hydrogens is 379 g/mol. The van der Waals surface area contributed by atoms with Crippen LogP contribution in [0, 0.1) is 13.8 Å². The Bertz CT molecular complexity index is 1180. The summed E-state index contributed by atoms with van der Waals surface area (Å²) in [5, 5.41) is 0. The first-order valence-electron chi connectivity index (χ1n) is 7.68. The first-order chi connectivity index (χ1) is 12.4. The van der Waals surface area contributed by atoms with E-state index in [2.05, 4.69) is 4.52 Å². The Morgan fingerprint density at radius 2 is 1.44 bits per heavy atom. The zero-order valence-electron chi connectivity index (χ0n) is 14.5. The second kappa shape index (κ2) is 6.21. The van der Waals surface area contributed by atoms with Crippen molar-refractivity contribution >= 4 is 19.4 Å². The summed E-state index contributed by atoms with van der Waals surface area (Å²) in [5.74, 6) is -1.34. The average molecular weight is 394 g/mol. The molecule has 0 saturated carbocycles. The van der Waals surface area contributed by atoms with Gasteiger partial charge in [0.1, 0.15) is 18.1 Å². The number of hydrogen-bond donors (Lipinski definition) is 2. The minimum atomic E-state index is -4.94. The van der Waals surface area contributed by atoms with E-state index >= 15 is 0 Å². The van der Waals surface area contributed by atoms with Crippen LogP contribution in [0.25, 0.3) is 0 Å². The van der Waals surface area contributed by atoms with Crippen LogP contribution < -0.4 is 11.1 Å². The maximum atomic E-state index is 13.1. The van der Waals surface area contributed by atoms with Crippen molar-refractivity contribution in [1.29, 1.82) is 0 Å². The highest BCUT2D eigenvalue weighted by molar-refractivity contribution is 7.46. The lowest BCUT2D eigenvalue weighted by Gasteiger charge is -2.25. The van der Waals surface area contributed by atoms with Gasteiger partial charge in [-0.05, 0) is 25.0 Å². The molecule has 2 heterocycles. The molecule has 0 aliphatic heterocycles. The van der Waals surface area contributed by atoms with E-state index in [0.717, 1.165) is 10.6 Å². The number of aryl methyl sites for hydroxylation is 2. The summed E-state index contributed by atoms with van der Waals surface area (Å²) in [6, 6.07) is 2.31. The molecule has 0 atom stereocenters. The van der Waals surface area contributed by atoms with Gasteiger partial charge in [-0.15, -0.1) is 0 Å². The third kappa shape index (κ3) is 3.02. The summed E-state index contributed by atoms with van der Waals surface area (Å²) in [5.41, 5.74) is -1.30. The third-order valence-corrected chi connectivity index (χ3v) is 4.84. The van der Waals surface area contributed by atoms with Crippen molar-refractivity contribution in [2.24, 2.45) is 7.05 Å². The predicted molar refractivity (Wildman–Crippen MR) is 91.9 cm³/mol. The summed E-state index contributed by atoms with van der Waals surface area (Å²) in [4.78, 5) is 68.3. The number of nitrogens with zero attached hydrogens (tertiary/aromatic N) is 2. The number of rotatable bonds is 3. The van der Waals surface area contributed by atoms with Crippen molar-refractivity contribution in [2.45, 2.75) is 20.6 Å². The number of pyridine rings is 2. The summed E-state index contributed by atoms with van der Waals surface area (Å²) in [7, 11) is -3.62. The molecule has 0 radical (unpaired) electrons. The minimum absolute atomic E-state index is 0.0544. The molecule has 0 aromatic carbocycles. The zero-order valence-corrected chi connectivity index (χ0v) is 15.4. The highest BCUT2D eigenvalue weighted by atomic mass is 31.2. The Morgan fingerprint density at radius 3 is 2.00 bits per heavy atom. The molecule has 0 fully saturated rings. The molecule has 1 aliphatic rings. The van der Waals surface area contributed by atoms with E-state index in [-0.39, 0.29) is 28.1 Å². The number of fused-ring (bicyclic) bond motifs is 2. The Morgan fingerprint density at radius 1 is 0.926 bits per heavy atom. The van der Waals surface area contributed by atoms with E-state index in [1.165, 1.54) is 27.0 Å². The van der Waals surface area contributed by atoms with E-state index in [9.17, 15) is 23.7 Å². The second-order valence-electron chi connectivity index (χ2n) is 6.17. The van der Waals surface area contributed by atoms with Gasteiger partial charge in [0.2, 0.25) is 5.78 Å². The fourth-order valence-corrected chi connectivity index (χ4v) is 3.43. The molecule has 3 rings (SSSR count). The van der Waals surface area contributed by atoms with Crippen LogP contribution in [0.2, 0.25) is 0 Å². The molecule has 0 amide bonds. The Labute approximate surface area is 151 Å². The number of phosphoric acid groups is 1. The maximum absolute atomic E-state index is 13.1. The van der Waals surface area contributed by atoms with E-state index in [4.69, 9.17) is 9.79 Å². The molecule has 142 valence electrons. The van der Waals surface area contributed by atoms with Crippen molar-refractivity contribution in [3.63, 3.8) is 0 Å². The lowest BCUT2D eigenvalue weighted by atomic mass is 9.85. The minimum Gasteiger partial charge on any atom is -0.308 e. The van der Waals surface area contributed by atoms with Gasteiger partial charge in [0.25, 0.3) is 11.1 Å². The fourth-order valence-electron chi connectivity index (χ4n) is 3.16. The molecule has 10 nitrogen and oxygen atoms in total. The van der Waals surface area contributed by atoms with E-state index in [1.54, 1.807) is 0 Å². The highest BCUT2D eigenvalue weighted by Crippen LogP contribution is 2.37. The van der Waals surface area contributed by atoms with Gasteiger partial charge in [-0.2, -0.15) is 0 Å². The summed E-state index contributed by atoms with van der Waals surface area (Å²) >= 11 is 0. The van der Waals surface area contributed by atoms with Crippen LogP contribution in [0.15, 0.2) is 21.7 Å². The van der Waals surface area contributed by atoms with Crippen molar-refractivity contribution in [3.8, 4) is 0 Å². The van der Waals surface area contributed by atoms with Gasteiger partial charge in [0.15, 0.2) is 5.78 Å².